The SMILES string of the molecule is CCS(=O)(=O)C1CN(C(=O)c2cc3cccc(OC)c3o2)C1. The third-order valence-electron chi connectivity index (χ3n) is 3.98. The molecule has 0 spiro atoms. The molecule has 1 aromatic carbocycles. The number of hydrogen-bond acceptors (Lipinski definition) is 5. The first-order valence-electron chi connectivity index (χ1n) is 7.03. The standard InChI is InChI=1S/C15H17NO5S/c1-3-22(18,19)11-8-16(9-11)15(17)13-7-10-5-4-6-12(20-2)14(10)21-13/h4-7,11H,3,8-9H2,1-2H3. The number of para-hydroxylation sites is 1. The van der Waals surface area contributed by atoms with E-state index < -0.39 is 15.1 Å². The third-order valence-corrected chi connectivity index (χ3v) is 6.10. The number of carbonyl (C=O) groups is 1. The van der Waals surface area contributed by atoms with Gasteiger partial charge in [-0.05, 0) is 12.1 Å². The second-order valence-electron chi connectivity index (χ2n) is 5.27. The maximum atomic E-state index is 12.4. The Labute approximate surface area is 128 Å². The Hall–Kier alpha value is -2.02. The average Bonchev–Trinajstić information content (AvgIpc) is 2.89. The number of furan rings is 1. The van der Waals surface area contributed by atoms with Crippen LogP contribution in [-0.4, -0.2) is 50.4 Å². The highest BCUT2D eigenvalue weighted by Crippen LogP contribution is 2.30. The van der Waals surface area contributed by atoms with Crippen molar-refractivity contribution in [2.24, 2.45) is 0 Å². The third kappa shape index (κ3) is 2.35. The lowest BCUT2D eigenvalue weighted by Crippen LogP contribution is -2.57. The van der Waals surface area contributed by atoms with Crippen LogP contribution in [0.1, 0.15) is 17.5 Å². The minimum Gasteiger partial charge on any atom is -0.493 e. The van der Waals surface area contributed by atoms with Gasteiger partial charge in [0.15, 0.2) is 26.9 Å². The highest BCUT2D eigenvalue weighted by molar-refractivity contribution is 7.92. The van der Waals surface area contributed by atoms with Gasteiger partial charge < -0.3 is 14.1 Å². The van der Waals surface area contributed by atoms with Crippen molar-refractivity contribution >= 4 is 26.7 Å². The van der Waals surface area contributed by atoms with Crippen LogP contribution in [0.5, 0.6) is 5.75 Å². The van der Waals surface area contributed by atoms with Gasteiger partial charge in [0.25, 0.3) is 5.91 Å². The van der Waals surface area contributed by atoms with Crippen LogP contribution in [0.3, 0.4) is 0 Å². The molecule has 0 aliphatic carbocycles. The molecule has 22 heavy (non-hydrogen) atoms. The van der Waals surface area contributed by atoms with E-state index in [9.17, 15) is 13.2 Å². The quantitative estimate of drug-likeness (QED) is 0.856. The summed E-state index contributed by atoms with van der Waals surface area (Å²) in [7, 11) is -1.55. The van der Waals surface area contributed by atoms with Crippen LogP contribution in [0, 0.1) is 0 Å². The van der Waals surface area contributed by atoms with Crippen molar-refractivity contribution in [3.63, 3.8) is 0 Å². The Kier molecular flexibility index (Phi) is 3.60. The molecule has 0 unspecified atom stereocenters. The molecule has 118 valence electrons. The molecular weight excluding hydrogens is 306 g/mol. The van der Waals surface area contributed by atoms with Crippen LogP contribution in [0.2, 0.25) is 0 Å². The summed E-state index contributed by atoms with van der Waals surface area (Å²) >= 11 is 0. The molecule has 7 heteroatoms. The molecular formula is C15H17NO5S. The van der Waals surface area contributed by atoms with Gasteiger partial charge in [-0.25, -0.2) is 8.42 Å². The topological polar surface area (TPSA) is 76.8 Å². The minimum atomic E-state index is -3.09. The molecule has 3 rings (SSSR count). The summed E-state index contributed by atoms with van der Waals surface area (Å²) in [6.07, 6.45) is 0. The first-order valence-corrected chi connectivity index (χ1v) is 8.75. The smallest absolute Gasteiger partial charge is 0.289 e. The fourth-order valence-electron chi connectivity index (χ4n) is 2.53. The fourth-order valence-corrected chi connectivity index (χ4v) is 3.81. The first kappa shape index (κ1) is 14.9. The van der Waals surface area contributed by atoms with Crippen molar-refractivity contribution in [1.29, 1.82) is 0 Å². The molecule has 0 saturated carbocycles. The molecule has 1 aromatic heterocycles. The zero-order valence-corrected chi connectivity index (χ0v) is 13.2. The highest BCUT2D eigenvalue weighted by atomic mass is 32.2. The second kappa shape index (κ2) is 5.31. The molecule has 0 atom stereocenters. The van der Waals surface area contributed by atoms with E-state index in [1.165, 1.54) is 12.0 Å². The number of likely N-dealkylation sites (tertiary alicyclic amines) is 1. The van der Waals surface area contributed by atoms with Gasteiger partial charge in [-0.3, -0.25) is 4.79 Å². The van der Waals surface area contributed by atoms with Crippen LogP contribution < -0.4 is 4.74 Å². The lowest BCUT2D eigenvalue weighted by atomic mass is 10.2. The van der Waals surface area contributed by atoms with Gasteiger partial charge in [-0.15, -0.1) is 0 Å². The number of nitrogens with zero attached hydrogens (tertiary/aromatic N) is 1. The number of amides is 1. The number of sulfone groups is 1. The predicted molar refractivity (Wildman–Crippen MR) is 81.9 cm³/mol. The van der Waals surface area contributed by atoms with Crippen molar-refractivity contribution < 1.29 is 22.4 Å². The molecule has 0 bridgehead atoms. The van der Waals surface area contributed by atoms with Gasteiger partial charge in [0.2, 0.25) is 0 Å². The van der Waals surface area contributed by atoms with E-state index in [1.807, 2.05) is 12.1 Å². The zero-order chi connectivity index (χ0) is 15.9. The minimum absolute atomic E-state index is 0.0987. The fraction of sp³-hybridized carbons (Fsp3) is 0.400. The number of fused-ring (bicyclic) bond motifs is 1. The van der Waals surface area contributed by atoms with Crippen LogP contribution in [0.15, 0.2) is 28.7 Å². The van der Waals surface area contributed by atoms with E-state index in [0.717, 1.165) is 5.39 Å². The summed E-state index contributed by atoms with van der Waals surface area (Å²) in [5.41, 5.74) is 0.520. The van der Waals surface area contributed by atoms with Crippen molar-refractivity contribution in [3.8, 4) is 5.75 Å². The van der Waals surface area contributed by atoms with Gasteiger partial charge in [-0.1, -0.05) is 19.1 Å². The summed E-state index contributed by atoms with van der Waals surface area (Å²) in [6, 6.07) is 7.06. The molecule has 6 nitrogen and oxygen atoms in total. The molecule has 0 radical (unpaired) electrons. The molecule has 1 aliphatic heterocycles. The van der Waals surface area contributed by atoms with Gasteiger partial charge in [-0.2, -0.15) is 0 Å². The highest BCUT2D eigenvalue weighted by Gasteiger charge is 2.39. The lowest BCUT2D eigenvalue weighted by molar-refractivity contribution is 0.0628. The van der Waals surface area contributed by atoms with Gasteiger partial charge in [0, 0.05) is 24.2 Å². The Morgan fingerprint density at radius 1 is 1.41 bits per heavy atom. The monoisotopic (exact) mass is 323 g/mol. The number of ether oxygens (including phenoxy) is 1. The molecule has 1 aliphatic rings. The largest absolute Gasteiger partial charge is 0.493 e. The average molecular weight is 323 g/mol. The number of hydrogen-bond donors (Lipinski definition) is 0. The molecule has 1 fully saturated rings. The molecule has 2 aromatic rings. The van der Waals surface area contributed by atoms with E-state index in [4.69, 9.17) is 9.15 Å². The van der Waals surface area contributed by atoms with Crippen molar-refractivity contribution in [3.05, 3.63) is 30.0 Å². The van der Waals surface area contributed by atoms with E-state index in [2.05, 4.69) is 0 Å². The Balaban J connectivity index is 1.80. The van der Waals surface area contributed by atoms with Crippen LogP contribution >= 0.6 is 0 Å². The molecule has 2 heterocycles. The Bertz CT molecular complexity index is 818. The summed E-state index contributed by atoms with van der Waals surface area (Å²) in [5.74, 6) is 0.570. The van der Waals surface area contributed by atoms with Crippen molar-refractivity contribution in [2.75, 3.05) is 26.0 Å². The first-order chi connectivity index (χ1) is 10.5. The maximum absolute atomic E-state index is 12.4. The number of carbonyl (C=O) groups excluding carboxylic acids is 1. The number of rotatable bonds is 4. The van der Waals surface area contributed by atoms with Crippen molar-refractivity contribution in [1.82, 2.24) is 4.90 Å². The van der Waals surface area contributed by atoms with Crippen LogP contribution in [-0.2, 0) is 9.84 Å². The van der Waals surface area contributed by atoms with Gasteiger partial charge in [0.05, 0.1) is 12.4 Å². The van der Waals surface area contributed by atoms with E-state index in [-0.39, 0.29) is 30.5 Å². The van der Waals surface area contributed by atoms with E-state index in [1.54, 1.807) is 19.1 Å². The summed E-state index contributed by atoms with van der Waals surface area (Å²) < 4.78 is 34.3. The van der Waals surface area contributed by atoms with Crippen LogP contribution in [0.25, 0.3) is 11.0 Å². The van der Waals surface area contributed by atoms with E-state index in [0.29, 0.717) is 11.3 Å². The van der Waals surface area contributed by atoms with Gasteiger partial charge in [0.1, 0.15) is 0 Å². The molecule has 1 amide bonds. The normalized spacial score (nSPS) is 15.8. The molecule has 1 saturated heterocycles. The van der Waals surface area contributed by atoms with E-state index >= 15 is 0 Å². The Morgan fingerprint density at radius 3 is 2.77 bits per heavy atom. The summed E-state index contributed by atoms with van der Waals surface area (Å²) in [5, 5.41) is 0.321. The van der Waals surface area contributed by atoms with Crippen LogP contribution in [0.4, 0.5) is 0 Å². The second-order valence-corrected chi connectivity index (χ2v) is 7.84. The molecule has 0 N–H and O–H groups in total. The van der Waals surface area contributed by atoms with Crippen molar-refractivity contribution in [2.45, 2.75) is 12.2 Å². The lowest BCUT2D eigenvalue weighted by Gasteiger charge is -2.37. The summed E-state index contributed by atoms with van der Waals surface area (Å²) in [4.78, 5) is 13.8. The maximum Gasteiger partial charge on any atom is 0.289 e. The zero-order valence-electron chi connectivity index (χ0n) is 12.4. The number of methoxy groups -OCH3 is 1. The predicted octanol–water partition coefficient (Wildman–Crippen LogP) is 1.70. The number of benzene rings is 1. The summed E-state index contributed by atoms with van der Waals surface area (Å²) in [6.45, 7) is 2.07. The Morgan fingerprint density at radius 2 is 2.14 bits per heavy atom. The van der Waals surface area contributed by atoms with Gasteiger partial charge >= 0.3 is 0 Å².